The van der Waals surface area contributed by atoms with Gasteiger partial charge < -0.3 is 15.6 Å². The first-order chi connectivity index (χ1) is 17.4. The highest BCUT2D eigenvalue weighted by molar-refractivity contribution is 7.99. The zero-order valence-electron chi connectivity index (χ0n) is 20.0. The summed E-state index contributed by atoms with van der Waals surface area (Å²) in [5.74, 6) is 1.45. The third kappa shape index (κ3) is 5.91. The van der Waals surface area contributed by atoms with E-state index in [9.17, 15) is 8.78 Å². The van der Waals surface area contributed by atoms with Gasteiger partial charge in [0.2, 0.25) is 0 Å². The predicted molar refractivity (Wildman–Crippen MR) is 146 cm³/mol. The molecule has 0 saturated carbocycles. The first-order valence-corrected chi connectivity index (χ1v) is 12.9. The van der Waals surface area contributed by atoms with E-state index in [1.165, 1.54) is 17.3 Å². The third-order valence-electron chi connectivity index (χ3n) is 5.71. The SMILES string of the molecule is CCSc1cccc(-c2ccc(-n3cc(C(F)F)nc3C)c(/C(=C/N)NCc3ccc(Cl)cc3)c2)c1. The van der Waals surface area contributed by atoms with Gasteiger partial charge in [-0.05, 0) is 65.8 Å². The largest absolute Gasteiger partial charge is 0.403 e. The molecular formula is C28H27ClF2N4S. The minimum atomic E-state index is -2.65. The van der Waals surface area contributed by atoms with Gasteiger partial charge in [-0.3, -0.25) is 0 Å². The van der Waals surface area contributed by atoms with Crippen LogP contribution in [0.5, 0.6) is 0 Å². The highest BCUT2D eigenvalue weighted by Gasteiger charge is 2.18. The summed E-state index contributed by atoms with van der Waals surface area (Å²) < 4.78 is 28.5. The molecule has 0 aliphatic heterocycles. The van der Waals surface area contributed by atoms with E-state index in [-0.39, 0.29) is 5.69 Å². The van der Waals surface area contributed by atoms with E-state index in [0.717, 1.165) is 28.0 Å². The average Bonchev–Trinajstić information content (AvgIpc) is 3.27. The molecular weight excluding hydrogens is 498 g/mol. The first-order valence-electron chi connectivity index (χ1n) is 11.5. The van der Waals surface area contributed by atoms with Gasteiger partial charge in [0.15, 0.2) is 0 Å². The molecule has 0 atom stereocenters. The van der Waals surface area contributed by atoms with E-state index in [2.05, 4.69) is 35.4 Å². The van der Waals surface area contributed by atoms with Gasteiger partial charge in [-0.1, -0.05) is 48.9 Å². The van der Waals surface area contributed by atoms with E-state index in [4.69, 9.17) is 17.3 Å². The highest BCUT2D eigenvalue weighted by Crippen LogP contribution is 2.32. The van der Waals surface area contributed by atoms with E-state index < -0.39 is 6.43 Å². The van der Waals surface area contributed by atoms with Crippen molar-refractivity contribution in [3.8, 4) is 16.8 Å². The molecule has 1 heterocycles. The molecule has 4 aromatic rings. The maximum atomic E-state index is 13.4. The van der Waals surface area contributed by atoms with Crippen molar-refractivity contribution in [2.24, 2.45) is 5.73 Å². The van der Waals surface area contributed by atoms with Crippen molar-refractivity contribution in [3.05, 3.63) is 107 Å². The lowest BCUT2D eigenvalue weighted by Crippen LogP contribution is -2.15. The van der Waals surface area contributed by atoms with Crippen molar-refractivity contribution in [2.45, 2.75) is 31.7 Å². The van der Waals surface area contributed by atoms with Gasteiger partial charge in [0.25, 0.3) is 6.43 Å². The third-order valence-corrected chi connectivity index (χ3v) is 6.84. The van der Waals surface area contributed by atoms with Crippen molar-refractivity contribution in [3.63, 3.8) is 0 Å². The normalized spacial score (nSPS) is 11.8. The van der Waals surface area contributed by atoms with Crippen LogP contribution in [0.15, 0.2) is 84.0 Å². The summed E-state index contributed by atoms with van der Waals surface area (Å²) in [6.45, 7) is 4.34. The number of alkyl halides is 2. The van der Waals surface area contributed by atoms with Crippen LogP contribution < -0.4 is 11.1 Å². The van der Waals surface area contributed by atoms with Crippen LogP contribution in [0.4, 0.5) is 8.78 Å². The molecule has 3 aromatic carbocycles. The summed E-state index contributed by atoms with van der Waals surface area (Å²) in [4.78, 5) is 5.24. The number of hydrogen-bond donors (Lipinski definition) is 2. The molecule has 4 nitrogen and oxygen atoms in total. The summed E-state index contributed by atoms with van der Waals surface area (Å²) in [6.07, 6.45) is 0.228. The van der Waals surface area contributed by atoms with Crippen LogP contribution in [0.2, 0.25) is 5.02 Å². The molecule has 186 valence electrons. The molecule has 4 rings (SSSR count). The minimum absolute atomic E-state index is 0.265. The van der Waals surface area contributed by atoms with Crippen molar-refractivity contribution in [1.29, 1.82) is 0 Å². The molecule has 0 aliphatic carbocycles. The number of imidazole rings is 1. The summed E-state index contributed by atoms with van der Waals surface area (Å²) in [6, 6.07) is 21.8. The fourth-order valence-corrected chi connectivity index (χ4v) is 4.81. The molecule has 0 saturated heterocycles. The van der Waals surface area contributed by atoms with Gasteiger partial charge in [0.1, 0.15) is 11.5 Å². The fourth-order valence-electron chi connectivity index (χ4n) is 3.96. The molecule has 36 heavy (non-hydrogen) atoms. The molecule has 0 aliphatic rings. The Morgan fingerprint density at radius 3 is 2.53 bits per heavy atom. The highest BCUT2D eigenvalue weighted by atomic mass is 35.5. The van der Waals surface area contributed by atoms with Gasteiger partial charge >= 0.3 is 0 Å². The first kappa shape index (κ1) is 25.8. The standard InChI is InChI=1S/C28H27ClF2N4S/c1-3-36-23-6-4-5-20(13-23)21-9-12-27(35-17-26(28(30)31)34-18(35)2)24(14-21)25(15-32)33-16-19-7-10-22(29)11-8-19/h4-15,17,28,33H,3,16,32H2,1-2H3/b25-15-. The van der Waals surface area contributed by atoms with Crippen LogP contribution in [0.25, 0.3) is 22.5 Å². The lowest BCUT2D eigenvalue weighted by molar-refractivity contribution is 0.146. The summed E-state index contributed by atoms with van der Waals surface area (Å²) in [7, 11) is 0. The van der Waals surface area contributed by atoms with Crippen molar-refractivity contribution < 1.29 is 8.78 Å². The van der Waals surface area contributed by atoms with Crippen LogP contribution in [-0.2, 0) is 6.54 Å². The zero-order chi connectivity index (χ0) is 25.7. The second kappa shape index (κ2) is 11.6. The van der Waals surface area contributed by atoms with Crippen molar-refractivity contribution in [2.75, 3.05) is 5.75 Å². The predicted octanol–water partition coefficient (Wildman–Crippen LogP) is 7.60. The number of benzene rings is 3. The number of hydrogen-bond acceptors (Lipinski definition) is 4. The average molecular weight is 525 g/mol. The van der Waals surface area contributed by atoms with E-state index in [1.54, 1.807) is 23.3 Å². The van der Waals surface area contributed by atoms with Crippen molar-refractivity contribution in [1.82, 2.24) is 14.9 Å². The van der Waals surface area contributed by atoms with Crippen molar-refractivity contribution >= 4 is 29.1 Å². The number of nitrogens with one attached hydrogen (secondary N) is 1. The summed E-state index contributed by atoms with van der Waals surface area (Å²) >= 11 is 7.79. The monoisotopic (exact) mass is 524 g/mol. The Bertz CT molecular complexity index is 1370. The van der Waals surface area contributed by atoms with E-state index in [1.807, 2.05) is 48.5 Å². The lowest BCUT2D eigenvalue weighted by atomic mass is 9.99. The number of nitrogens with zero attached hydrogens (tertiary/aromatic N) is 2. The Morgan fingerprint density at radius 2 is 1.86 bits per heavy atom. The molecule has 0 bridgehead atoms. The van der Waals surface area contributed by atoms with Gasteiger partial charge in [-0.25, -0.2) is 13.8 Å². The number of aryl methyl sites for hydroxylation is 1. The molecule has 3 N–H and O–H groups in total. The number of thioether (sulfide) groups is 1. The smallest absolute Gasteiger partial charge is 0.281 e. The van der Waals surface area contributed by atoms with Gasteiger partial charge in [0.05, 0.1) is 11.4 Å². The molecule has 8 heteroatoms. The Hall–Kier alpha value is -3.29. The molecule has 0 amide bonds. The summed E-state index contributed by atoms with van der Waals surface area (Å²) in [5.41, 5.74) is 11.1. The second-order valence-corrected chi connectivity index (χ2v) is 9.91. The number of aromatic nitrogens is 2. The number of nitrogens with two attached hydrogens (primary N) is 1. The maximum absolute atomic E-state index is 13.4. The number of halogens is 3. The fraction of sp³-hybridized carbons (Fsp3) is 0.179. The minimum Gasteiger partial charge on any atom is -0.403 e. The molecule has 0 spiro atoms. The zero-order valence-corrected chi connectivity index (χ0v) is 21.6. The van der Waals surface area contributed by atoms with E-state index >= 15 is 0 Å². The Labute approximate surface area is 219 Å². The van der Waals surface area contributed by atoms with Crippen LogP contribution >= 0.6 is 23.4 Å². The maximum Gasteiger partial charge on any atom is 0.281 e. The second-order valence-electron chi connectivity index (χ2n) is 8.14. The lowest BCUT2D eigenvalue weighted by Gasteiger charge is -2.18. The van der Waals surface area contributed by atoms with Gasteiger partial charge in [-0.2, -0.15) is 0 Å². The van der Waals surface area contributed by atoms with Gasteiger partial charge in [-0.15, -0.1) is 11.8 Å². The van der Waals surface area contributed by atoms with Crippen LogP contribution in [0, 0.1) is 6.92 Å². The summed E-state index contributed by atoms with van der Waals surface area (Å²) in [5, 5.41) is 4.06. The Kier molecular flexibility index (Phi) is 8.33. The molecule has 1 aromatic heterocycles. The molecule has 0 fully saturated rings. The van der Waals surface area contributed by atoms with Crippen LogP contribution in [0.1, 0.15) is 36.0 Å². The quantitative estimate of drug-likeness (QED) is 0.221. The molecule has 0 radical (unpaired) electrons. The molecule has 0 unspecified atom stereocenters. The van der Waals surface area contributed by atoms with Gasteiger partial charge in [0, 0.05) is 34.4 Å². The van der Waals surface area contributed by atoms with E-state index in [0.29, 0.717) is 28.8 Å². The van der Waals surface area contributed by atoms with Crippen LogP contribution in [-0.4, -0.2) is 15.3 Å². The number of rotatable bonds is 9. The van der Waals surface area contributed by atoms with Crippen LogP contribution in [0.3, 0.4) is 0 Å². The Morgan fingerprint density at radius 1 is 1.11 bits per heavy atom. The Balaban J connectivity index is 1.78. The topological polar surface area (TPSA) is 55.9 Å².